The minimum Gasteiger partial charge on any atom is -0.481 e. The van der Waals surface area contributed by atoms with E-state index in [2.05, 4.69) is 4.98 Å². The molecule has 0 saturated carbocycles. The van der Waals surface area contributed by atoms with Crippen molar-refractivity contribution < 1.29 is 26.3 Å². The summed E-state index contributed by atoms with van der Waals surface area (Å²) >= 11 is 1.17. The Morgan fingerprint density at radius 2 is 1.79 bits per heavy atom. The number of primary sulfonamides is 1. The van der Waals surface area contributed by atoms with Gasteiger partial charge in [-0.1, -0.05) is 12.1 Å². The van der Waals surface area contributed by atoms with Crippen LogP contribution in [0.25, 0.3) is 21.6 Å². The van der Waals surface area contributed by atoms with Crippen molar-refractivity contribution in [3.8, 4) is 27.4 Å². The van der Waals surface area contributed by atoms with Crippen LogP contribution in [-0.2, 0) is 16.2 Å². The number of ether oxygens (including phenoxy) is 1. The highest BCUT2D eigenvalue weighted by molar-refractivity contribution is 7.89. The zero-order chi connectivity index (χ0) is 20.7. The number of methoxy groups -OCH3 is 1. The summed E-state index contributed by atoms with van der Waals surface area (Å²) in [5.41, 5.74) is 0.259. The molecule has 28 heavy (non-hydrogen) atoms. The molecule has 2 aromatic heterocycles. The number of thiophene rings is 1. The summed E-state index contributed by atoms with van der Waals surface area (Å²) in [6.45, 7) is 1.78. The molecular weight excluding hydrogens is 413 g/mol. The molecule has 0 aliphatic heterocycles. The van der Waals surface area contributed by atoms with E-state index in [1.807, 2.05) is 0 Å². The van der Waals surface area contributed by atoms with Gasteiger partial charge in [-0.3, -0.25) is 0 Å². The van der Waals surface area contributed by atoms with Gasteiger partial charge in [0.25, 0.3) is 0 Å². The summed E-state index contributed by atoms with van der Waals surface area (Å²) < 4.78 is 69.2. The van der Waals surface area contributed by atoms with E-state index in [9.17, 15) is 21.6 Å². The summed E-state index contributed by atoms with van der Waals surface area (Å²) in [6, 6.07) is 8.33. The Kier molecular flexibility index (Phi) is 5.22. The Morgan fingerprint density at radius 3 is 2.25 bits per heavy atom. The van der Waals surface area contributed by atoms with Crippen molar-refractivity contribution in [2.24, 2.45) is 5.14 Å². The van der Waals surface area contributed by atoms with Crippen molar-refractivity contribution in [2.75, 3.05) is 7.11 Å². The van der Waals surface area contributed by atoms with Gasteiger partial charge in [0.05, 0.1) is 12.0 Å². The van der Waals surface area contributed by atoms with Gasteiger partial charge >= 0.3 is 6.18 Å². The van der Waals surface area contributed by atoms with E-state index in [-0.39, 0.29) is 21.9 Å². The van der Waals surface area contributed by atoms with Gasteiger partial charge < -0.3 is 4.74 Å². The van der Waals surface area contributed by atoms with Gasteiger partial charge in [0, 0.05) is 16.5 Å². The smallest absolute Gasteiger partial charge is 0.434 e. The lowest BCUT2D eigenvalue weighted by atomic mass is 9.97. The fourth-order valence-electron chi connectivity index (χ4n) is 2.69. The van der Waals surface area contributed by atoms with E-state index >= 15 is 0 Å². The van der Waals surface area contributed by atoms with Crippen molar-refractivity contribution in [3.05, 3.63) is 53.0 Å². The van der Waals surface area contributed by atoms with Gasteiger partial charge in [-0.25, -0.2) is 18.5 Å². The molecule has 0 unspecified atom stereocenters. The first kappa shape index (κ1) is 20.3. The Balaban J connectivity index is 2.33. The molecule has 148 valence electrons. The van der Waals surface area contributed by atoms with Crippen LogP contribution in [0.2, 0.25) is 0 Å². The van der Waals surface area contributed by atoms with E-state index in [1.165, 1.54) is 48.8 Å². The van der Waals surface area contributed by atoms with Gasteiger partial charge in [0.2, 0.25) is 15.9 Å². The Bertz CT molecular complexity index is 1120. The molecule has 0 saturated heterocycles. The second-order valence-corrected chi connectivity index (χ2v) is 8.46. The molecular formula is C18H15F3N2O3S2. The molecule has 0 aliphatic rings. The molecule has 0 bridgehead atoms. The molecule has 0 spiro atoms. The molecule has 3 aromatic rings. The number of aromatic nitrogens is 1. The minimum atomic E-state index is -4.71. The quantitative estimate of drug-likeness (QED) is 0.665. The first-order valence-electron chi connectivity index (χ1n) is 7.85. The average molecular weight is 428 g/mol. The number of nitrogens with zero attached hydrogens (tertiary/aromatic N) is 1. The number of alkyl halides is 3. The molecule has 3 rings (SSSR count). The van der Waals surface area contributed by atoms with E-state index in [4.69, 9.17) is 9.88 Å². The topological polar surface area (TPSA) is 82.3 Å². The summed E-state index contributed by atoms with van der Waals surface area (Å²) in [5, 5.41) is 6.83. The van der Waals surface area contributed by atoms with E-state index in [1.54, 1.807) is 18.4 Å². The van der Waals surface area contributed by atoms with Gasteiger partial charge in [-0.15, -0.1) is 11.3 Å². The molecule has 0 atom stereocenters. The highest BCUT2D eigenvalue weighted by Crippen LogP contribution is 2.45. The molecule has 10 heteroatoms. The van der Waals surface area contributed by atoms with Crippen molar-refractivity contribution in [1.29, 1.82) is 0 Å². The Morgan fingerprint density at radius 1 is 1.14 bits per heavy atom. The number of rotatable bonds is 4. The molecule has 5 nitrogen and oxygen atoms in total. The lowest BCUT2D eigenvalue weighted by Crippen LogP contribution is -2.12. The fourth-order valence-corrected chi connectivity index (χ4v) is 4.17. The van der Waals surface area contributed by atoms with Crippen LogP contribution in [0, 0.1) is 6.92 Å². The van der Waals surface area contributed by atoms with E-state index < -0.39 is 21.9 Å². The monoisotopic (exact) mass is 428 g/mol. The standard InChI is InChI=1S/C18H15F3N2O3S2/c1-10-7-14(27-9-10)16-13(8-15(26-2)23-17(16)18(19,20)21)11-3-5-12(6-4-11)28(22,24)25/h3-9H,1-2H3,(H2,22,24,25). The zero-order valence-electron chi connectivity index (χ0n) is 14.7. The molecule has 0 fully saturated rings. The summed E-state index contributed by atoms with van der Waals surface area (Å²) in [4.78, 5) is 3.89. The van der Waals surface area contributed by atoms with Crippen LogP contribution in [-0.4, -0.2) is 20.5 Å². The van der Waals surface area contributed by atoms with Crippen molar-refractivity contribution in [1.82, 2.24) is 4.98 Å². The summed E-state index contributed by atoms with van der Waals surface area (Å²) in [6.07, 6.45) is -4.71. The molecule has 2 heterocycles. The van der Waals surface area contributed by atoms with Crippen LogP contribution >= 0.6 is 11.3 Å². The third-order valence-electron chi connectivity index (χ3n) is 3.94. The highest BCUT2D eigenvalue weighted by atomic mass is 32.2. The number of aryl methyl sites for hydroxylation is 1. The van der Waals surface area contributed by atoms with Crippen molar-refractivity contribution in [3.63, 3.8) is 0 Å². The third kappa shape index (κ3) is 4.03. The largest absolute Gasteiger partial charge is 0.481 e. The van der Waals surface area contributed by atoms with Gasteiger partial charge in [0.15, 0.2) is 5.69 Å². The van der Waals surface area contributed by atoms with Crippen LogP contribution in [0.3, 0.4) is 0 Å². The normalized spacial score (nSPS) is 12.2. The van der Waals surface area contributed by atoms with Crippen LogP contribution in [0.15, 0.2) is 46.7 Å². The summed E-state index contributed by atoms with van der Waals surface area (Å²) in [7, 11) is -2.69. The number of pyridine rings is 1. The molecule has 0 aliphatic carbocycles. The van der Waals surface area contributed by atoms with E-state index in [0.29, 0.717) is 10.4 Å². The molecule has 0 amide bonds. The second-order valence-electron chi connectivity index (χ2n) is 5.99. The lowest BCUT2D eigenvalue weighted by molar-refractivity contribution is -0.140. The van der Waals surface area contributed by atoms with Crippen LogP contribution in [0.5, 0.6) is 5.88 Å². The zero-order valence-corrected chi connectivity index (χ0v) is 16.4. The predicted molar refractivity (Wildman–Crippen MR) is 101 cm³/mol. The lowest BCUT2D eigenvalue weighted by Gasteiger charge is -2.17. The van der Waals surface area contributed by atoms with Crippen molar-refractivity contribution >= 4 is 21.4 Å². The van der Waals surface area contributed by atoms with Gasteiger partial charge in [0.1, 0.15) is 0 Å². The fraction of sp³-hybridized carbons (Fsp3) is 0.167. The van der Waals surface area contributed by atoms with Crippen molar-refractivity contribution in [2.45, 2.75) is 18.0 Å². The predicted octanol–water partition coefficient (Wildman–Crippen LogP) is 4.46. The second kappa shape index (κ2) is 7.19. The molecule has 0 radical (unpaired) electrons. The number of hydrogen-bond donors (Lipinski definition) is 1. The van der Waals surface area contributed by atoms with E-state index in [0.717, 1.165) is 5.56 Å². The molecule has 1 aromatic carbocycles. The average Bonchev–Trinajstić information content (AvgIpc) is 3.05. The first-order valence-corrected chi connectivity index (χ1v) is 10.3. The number of sulfonamides is 1. The Hall–Kier alpha value is -2.43. The molecule has 2 N–H and O–H groups in total. The van der Waals surface area contributed by atoms with Crippen LogP contribution in [0.4, 0.5) is 13.2 Å². The summed E-state index contributed by atoms with van der Waals surface area (Å²) in [5.74, 6) is -0.199. The maximum atomic E-state index is 13.8. The number of halogens is 3. The van der Waals surface area contributed by atoms with Crippen LogP contribution in [0.1, 0.15) is 11.3 Å². The minimum absolute atomic E-state index is 0.0882. The van der Waals surface area contributed by atoms with Gasteiger partial charge in [-0.05, 0) is 47.2 Å². The van der Waals surface area contributed by atoms with Crippen LogP contribution < -0.4 is 9.88 Å². The maximum Gasteiger partial charge on any atom is 0.434 e. The van der Waals surface area contributed by atoms with Gasteiger partial charge in [-0.2, -0.15) is 13.2 Å². The third-order valence-corrected chi connectivity index (χ3v) is 5.94. The highest BCUT2D eigenvalue weighted by Gasteiger charge is 2.38. The SMILES string of the molecule is COc1cc(-c2ccc(S(N)(=O)=O)cc2)c(-c2cc(C)cs2)c(C(F)(F)F)n1. The first-order chi connectivity index (χ1) is 13.0. The maximum absolute atomic E-state index is 13.8. The number of hydrogen-bond acceptors (Lipinski definition) is 5. The number of benzene rings is 1. The Labute approximate surface area is 163 Å². The number of nitrogens with two attached hydrogens (primary N) is 1.